The highest BCUT2D eigenvalue weighted by Gasteiger charge is 2.23. The van der Waals surface area contributed by atoms with Gasteiger partial charge in [-0.05, 0) is 44.9 Å². The van der Waals surface area contributed by atoms with Gasteiger partial charge in [-0.2, -0.15) is 0 Å². The second-order valence-corrected chi connectivity index (χ2v) is 16.3. The molecule has 6 heteroatoms. The number of unbranched alkanes of at least 4 members (excludes halogenated alkanes) is 23. The number of amides is 1. The molecule has 3 atom stereocenters. The van der Waals surface area contributed by atoms with Crippen LogP contribution in [0.15, 0.2) is 72.9 Å². The van der Waals surface area contributed by atoms with Gasteiger partial charge < -0.3 is 20.3 Å². The van der Waals surface area contributed by atoms with Gasteiger partial charge in [0.25, 0.3) is 0 Å². The van der Waals surface area contributed by atoms with Crippen molar-refractivity contribution >= 4 is 11.9 Å². The van der Waals surface area contributed by atoms with Gasteiger partial charge in [0.15, 0.2) is 0 Å². The predicted molar refractivity (Wildman–Crippen MR) is 250 cm³/mol. The van der Waals surface area contributed by atoms with E-state index in [1.165, 1.54) is 128 Å². The van der Waals surface area contributed by atoms with Crippen molar-refractivity contribution in [2.24, 2.45) is 0 Å². The number of aliphatic hydroxyl groups is 2. The predicted octanol–water partition coefficient (Wildman–Crippen LogP) is 14.2. The maximum absolute atomic E-state index is 13.1. The molecule has 0 rings (SSSR count). The lowest BCUT2D eigenvalue weighted by Gasteiger charge is -2.24. The molecule has 0 heterocycles. The van der Waals surface area contributed by atoms with Crippen LogP contribution in [0.25, 0.3) is 0 Å². The summed E-state index contributed by atoms with van der Waals surface area (Å²) < 4.78 is 5.82. The number of nitrogens with one attached hydrogen (secondary N) is 1. The van der Waals surface area contributed by atoms with Gasteiger partial charge in [0, 0.05) is 12.8 Å². The largest absolute Gasteiger partial charge is 0.461 e. The molecule has 0 aromatic carbocycles. The van der Waals surface area contributed by atoms with Crippen molar-refractivity contribution in [3.63, 3.8) is 0 Å². The number of esters is 1. The maximum atomic E-state index is 13.1. The van der Waals surface area contributed by atoms with Gasteiger partial charge in [-0.1, -0.05) is 229 Å². The Labute approximate surface area is 358 Å². The highest BCUT2D eigenvalue weighted by atomic mass is 16.5. The number of rotatable bonds is 42. The Kier molecular flexibility index (Phi) is 43.3. The first-order chi connectivity index (χ1) is 28.5. The van der Waals surface area contributed by atoms with E-state index in [2.05, 4.69) is 44.3 Å². The topological polar surface area (TPSA) is 95.9 Å². The fourth-order valence-corrected chi connectivity index (χ4v) is 6.97. The van der Waals surface area contributed by atoms with Gasteiger partial charge in [0.2, 0.25) is 5.91 Å². The highest BCUT2D eigenvalue weighted by molar-refractivity contribution is 5.77. The molecule has 0 aromatic rings. The first-order valence-corrected chi connectivity index (χ1v) is 24.2. The zero-order valence-corrected chi connectivity index (χ0v) is 37.9. The van der Waals surface area contributed by atoms with E-state index < -0.39 is 18.2 Å². The van der Waals surface area contributed by atoms with Crippen molar-refractivity contribution in [3.05, 3.63) is 72.9 Å². The van der Waals surface area contributed by atoms with E-state index in [4.69, 9.17) is 4.74 Å². The second-order valence-electron chi connectivity index (χ2n) is 16.3. The van der Waals surface area contributed by atoms with Gasteiger partial charge in [-0.3, -0.25) is 9.59 Å². The Morgan fingerprint density at radius 2 is 0.966 bits per heavy atom. The minimum atomic E-state index is -0.818. The summed E-state index contributed by atoms with van der Waals surface area (Å²) in [5.74, 6) is -0.613. The first kappa shape index (κ1) is 55.3. The quantitative estimate of drug-likeness (QED) is 0.0247. The summed E-state index contributed by atoms with van der Waals surface area (Å²) in [5, 5.41) is 23.5. The number of carbonyl (C=O) groups excluding carboxylic acids is 2. The molecular weight excluding hydrogens is 719 g/mol. The van der Waals surface area contributed by atoms with Crippen LogP contribution in [-0.4, -0.2) is 46.9 Å². The van der Waals surface area contributed by atoms with Crippen molar-refractivity contribution < 1.29 is 24.5 Å². The fourth-order valence-electron chi connectivity index (χ4n) is 6.97. The van der Waals surface area contributed by atoms with Crippen molar-refractivity contribution in [1.29, 1.82) is 0 Å². The molecule has 6 nitrogen and oxygen atoms in total. The van der Waals surface area contributed by atoms with Gasteiger partial charge >= 0.3 is 5.97 Å². The normalized spacial score (nSPS) is 13.9. The second kappa shape index (κ2) is 45.4. The molecule has 0 spiro atoms. The molecular formula is C52H91NO5. The molecule has 0 aliphatic heterocycles. The summed E-state index contributed by atoms with van der Waals surface area (Å²) in [6, 6.07) is -0.739. The summed E-state index contributed by atoms with van der Waals surface area (Å²) >= 11 is 0. The molecule has 0 radical (unpaired) electrons. The number of carbonyl (C=O) groups is 2. The average Bonchev–Trinajstić information content (AvgIpc) is 3.22. The molecule has 0 aliphatic rings. The molecule has 3 unspecified atom stereocenters. The lowest BCUT2D eigenvalue weighted by molar-refractivity contribution is -0.150. The molecule has 0 bridgehead atoms. The number of hydrogen-bond donors (Lipinski definition) is 3. The smallest absolute Gasteiger partial charge is 0.306 e. The third kappa shape index (κ3) is 40.1. The SMILES string of the molecule is CC/C=C/C=C/C=C\C=C/C=C/CC(CC(=O)NC(CO)C(O)CCCCCCCCCCC)OC(=O)CCCCCCCCCCC/C=C/CCCCCCCC. The van der Waals surface area contributed by atoms with E-state index in [1.807, 2.05) is 54.7 Å². The van der Waals surface area contributed by atoms with Crippen molar-refractivity contribution in [2.45, 2.75) is 238 Å². The van der Waals surface area contributed by atoms with Crippen LogP contribution >= 0.6 is 0 Å². The van der Waals surface area contributed by atoms with Gasteiger partial charge in [-0.15, -0.1) is 0 Å². The Balaban J connectivity index is 4.60. The van der Waals surface area contributed by atoms with Crippen molar-refractivity contribution in [2.75, 3.05) is 6.61 Å². The van der Waals surface area contributed by atoms with Crippen LogP contribution in [0.1, 0.15) is 220 Å². The molecule has 0 saturated heterocycles. The average molecular weight is 810 g/mol. The van der Waals surface area contributed by atoms with Crippen LogP contribution in [0.3, 0.4) is 0 Å². The van der Waals surface area contributed by atoms with E-state index in [9.17, 15) is 19.8 Å². The summed E-state index contributed by atoms with van der Waals surface area (Å²) in [5.41, 5.74) is 0. The first-order valence-electron chi connectivity index (χ1n) is 24.2. The Morgan fingerprint density at radius 3 is 1.45 bits per heavy atom. The zero-order chi connectivity index (χ0) is 42.4. The van der Waals surface area contributed by atoms with E-state index >= 15 is 0 Å². The van der Waals surface area contributed by atoms with Crippen LogP contribution < -0.4 is 5.32 Å². The van der Waals surface area contributed by atoms with E-state index in [0.717, 1.165) is 44.9 Å². The third-order valence-electron chi connectivity index (χ3n) is 10.6. The van der Waals surface area contributed by atoms with Crippen LogP contribution in [0.4, 0.5) is 0 Å². The van der Waals surface area contributed by atoms with Crippen LogP contribution in [0, 0.1) is 0 Å². The van der Waals surface area contributed by atoms with Gasteiger partial charge in [0.1, 0.15) is 6.10 Å². The number of hydrogen-bond acceptors (Lipinski definition) is 5. The number of allylic oxidation sites excluding steroid dienone is 11. The third-order valence-corrected chi connectivity index (χ3v) is 10.6. The minimum Gasteiger partial charge on any atom is -0.461 e. The number of ether oxygens (including phenoxy) is 1. The van der Waals surface area contributed by atoms with Gasteiger partial charge in [0.05, 0.1) is 25.2 Å². The monoisotopic (exact) mass is 810 g/mol. The number of aliphatic hydroxyl groups excluding tert-OH is 2. The zero-order valence-electron chi connectivity index (χ0n) is 37.9. The molecule has 0 aromatic heterocycles. The van der Waals surface area contributed by atoms with E-state index in [0.29, 0.717) is 19.3 Å². The van der Waals surface area contributed by atoms with Crippen LogP contribution in [-0.2, 0) is 14.3 Å². The fraction of sp³-hybridized carbons (Fsp3) is 0.731. The molecule has 58 heavy (non-hydrogen) atoms. The standard InChI is InChI=1S/C52H91NO5/c1-4-7-10-13-16-19-21-22-23-24-25-26-27-28-30-33-36-39-42-45-52(57)58-48(43-40-37-34-32-29-20-17-14-11-8-5-2)46-51(56)53-49(47-54)50(55)44-41-38-35-31-18-15-12-9-6-3/h8,11,14,17,20,22-23,29,32,34,37,40,48-50,54-55H,4-7,9-10,12-13,15-16,18-19,21,24-28,30-31,33,35-36,38-39,41-47H2,1-3H3,(H,53,56)/b11-8+,17-14+,23-22+,29-20-,34-32-,40-37+. The summed E-state index contributed by atoms with van der Waals surface area (Å²) in [4.78, 5) is 26.0. The Morgan fingerprint density at radius 1 is 0.534 bits per heavy atom. The summed E-state index contributed by atoms with van der Waals surface area (Å²) in [6.07, 6.45) is 57.1. The summed E-state index contributed by atoms with van der Waals surface area (Å²) in [7, 11) is 0. The molecule has 3 N–H and O–H groups in total. The van der Waals surface area contributed by atoms with Crippen LogP contribution in [0.2, 0.25) is 0 Å². The van der Waals surface area contributed by atoms with Crippen LogP contribution in [0.5, 0.6) is 0 Å². The van der Waals surface area contributed by atoms with E-state index in [1.54, 1.807) is 0 Å². The van der Waals surface area contributed by atoms with E-state index in [-0.39, 0.29) is 24.9 Å². The lowest BCUT2D eigenvalue weighted by Crippen LogP contribution is -2.46. The minimum absolute atomic E-state index is 0.0213. The Hall–Kier alpha value is -2.70. The molecule has 334 valence electrons. The van der Waals surface area contributed by atoms with Crippen molar-refractivity contribution in [1.82, 2.24) is 5.32 Å². The molecule has 1 amide bonds. The Bertz CT molecular complexity index is 1090. The molecule has 0 fully saturated rings. The molecule has 0 saturated carbocycles. The van der Waals surface area contributed by atoms with Crippen molar-refractivity contribution in [3.8, 4) is 0 Å². The summed E-state index contributed by atoms with van der Waals surface area (Å²) in [6.45, 7) is 6.26. The maximum Gasteiger partial charge on any atom is 0.306 e. The van der Waals surface area contributed by atoms with Gasteiger partial charge in [-0.25, -0.2) is 0 Å². The lowest BCUT2D eigenvalue weighted by atomic mass is 10.0. The highest BCUT2D eigenvalue weighted by Crippen LogP contribution is 2.16. The molecule has 0 aliphatic carbocycles.